The van der Waals surface area contributed by atoms with Gasteiger partial charge >= 0.3 is 0 Å². The van der Waals surface area contributed by atoms with Crippen molar-refractivity contribution in [2.24, 2.45) is 7.05 Å². The highest BCUT2D eigenvalue weighted by atomic mass is 127. The van der Waals surface area contributed by atoms with E-state index in [1.165, 1.54) is 11.3 Å². The lowest BCUT2D eigenvalue weighted by Crippen LogP contribution is -3.00. The summed E-state index contributed by atoms with van der Waals surface area (Å²) in [5, 5.41) is 0. The molecule has 0 bridgehead atoms. The van der Waals surface area contributed by atoms with Crippen molar-refractivity contribution in [3.63, 3.8) is 0 Å². The average Bonchev–Trinajstić information content (AvgIpc) is 2.65. The quantitative estimate of drug-likeness (QED) is 0.490. The van der Waals surface area contributed by atoms with Gasteiger partial charge < -0.3 is 24.0 Å². The highest BCUT2D eigenvalue weighted by molar-refractivity contribution is 5.34. The van der Waals surface area contributed by atoms with Gasteiger partial charge in [0.1, 0.15) is 18.1 Å². The summed E-state index contributed by atoms with van der Waals surface area (Å²) in [6, 6.07) is 8.66. The molecule has 0 N–H and O–H groups in total. The smallest absolute Gasteiger partial charge is 0.248 e. The predicted molar refractivity (Wildman–Crippen MR) is 56.3 cm³/mol. The van der Waals surface area contributed by atoms with E-state index in [9.17, 15) is 0 Å². The molecule has 0 amide bonds. The van der Waals surface area contributed by atoms with Crippen LogP contribution in [0.3, 0.4) is 0 Å². The summed E-state index contributed by atoms with van der Waals surface area (Å²) in [7, 11) is 2.02. The lowest BCUT2D eigenvalue weighted by atomic mass is 10.1. The molecule has 0 fully saturated rings. The normalized spacial score (nSPS) is 9.73. The maximum Gasteiger partial charge on any atom is 0.248 e. The van der Waals surface area contributed by atoms with Gasteiger partial charge in [0.2, 0.25) is 6.33 Å². The van der Waals surface area contributed by atoms with Gasteiger partial charge in [-0.05, 0) is 24.1 Å². The Morgan fingerprint density at radius 3 is 2.33 bits per heavy atom. The molecule has 80 valence electrons. The van der Waals surface area contributed by atoms with Crippen LogP contribution in [0, 0.1) is 0 Å². The molecule has 1 heterocycles. The zero-order valence-corrected chi connectivity index (χ0v) is 11.2. The van der Waals surface area contributed by atoms with Gasteiger partial charge in [-0.2, -0.15) is 0 Å². The first-order valence-electron chi connectivity index (χ1n) is 4.92. The average molecular weight is 314 g/mol. The molecule has 0 radical (unpaired) electrons. The summed E-state index contributed by atoms with van der Waals surface area (Å²) in [6.07, 6.45) is 7.25. The van der Waals surface area contributed by atoms with Gasteiger partial charge in [0.25, 0.3) is 0 Å². The fourth-order valence-corrected chi connectivity index (χ4v) is 1.51. The van der Waals surface area contributed by atoms with E-state index >= 15 is 0 Å². The van der Waals surface area contributed by atoms with Crippen LogP contribution in [0.25, 0.3) is 5.69 Å². The van der Waals surface area contributed by atoms with Crippen LogP contribution in [0.15, 0.2) is 43.0 Å². The van der Waals surface area contributed by atoms with Crippen LogP contribution in [0.2, 0.25) is 0 Å². The molecule has 0 unspecified atom stereocenters. The van der Waals surface area contributed by atoms with Gasteiger partial charge in [0, 0.05) is 0 Å². The molecule has 0 spiro atoms. The number of nitrogens with zero attached hydrogens (tertiary/aromatic N) is 2. The highest BCUT2D eigenvalue weighted by Crippen LogP contribution is 2.08. The number of aromatic nitrogens is 2. The van der Waals surface area contributed by atoms with Crippen LogP contribution < -0.4 is 28.5 Å². The zero-order chi connectivity index (χ0) is 9.97. The molecule has 0 saturated carbocycles. The second-order valence-electron chi connectivity index (χ2n) is 3.51. The lowest BCUT2D eigenvalue weighted by Gasteiger charge is -1.97. The van der Waals surface area contributed by atoms with Gasteiger partial charge in [0.15, 0.2) is 0 Å². The first kappa shape index (κ1) is 12.2. The lowest BCUT2D eigenvalue weighted by molar-refractivity contribution is -0.670. The zero-order valence-electron chi connectivity index (χ0n) is 9.02. The van der Waals surface area contributed by atoms with Crippen molar-refractivity contribution >= 4 is 0 Å². The van der Waals surface area contributed by atoms with E-state index in [1.807, 2.05) is 17.8 Å². The molecule has 0 atom stereocenters. The number of hydrogen-bond acceptors (Lipinski definition) is 0. The van der Waals surface area contributed by atoms with Crippen molar-refractivity contribution < 1.29 is 28.5 Å². The molecule has 3 heteroatoms. The third kappa shape index (κ3) is 2.81. The topological polar surface area (TPSA) is 8.81 Å². The first-order chi connectivity index (χ1) is 6.79. The highest BCUT2D eigenvalue weighted by Gasteiger charge is 2.02. The van der Waals surface area contributed by atoms with Gasteiger partial charge in [-0.3, -0.25) is 0 Å². The molecule has 2 aromatic rings. The third-order valence-electron chi connectivity index (χ3n) is 2.41. The number of imidazole rings is 1. The summed E-state index contributed by atoms with van der Waals surface area (Å²) in [5.74, 6) is 0. The second-order valence-corrected chi connectivity index (χ2v) is 3.51. The molecule has 1 aromatic heterocycles. The number of halogens is 1. The summed E-state index contributed by atoms with van der Waals surface area (Å²) in [6.45, 7) is 2.17. The minimum Gasteiger partial charge on any atom is -1.00 e. The van der Waals surface area contributed by atoms with Crippen molar-refractivity contribution in [1.29, 1.82) is 0 Å². The number of rotatable bonds is 2. The molecule has 2 nitrogen and oxygen atoms in total. The Morgan fingerprint density at radius 2 is 1.87 bits per heavy atom. The predicted octanol–water partition coefficient (Wildman–Crippen LogP) is -1.13. The van der Waals surface area contributed by atoms with Gasteiger partial charge in [-0.1, -0.05) is 19.1 Å². The summed E-state index contributed by atoms with van der Waals surface area (Å²) in [4.78, 5) is 0. The van der Waals surface area contributed by atoms with Crippen molar-refractivity contribution in [2.75, 3.05) is 0 Å². The van der Waals surface area contributed by atoms with Gasteiger partial charge in [0.05, 0.1) is 7.05 Å². The molecule has 0 aliphatic heterocycles. The Bertz CT molecular complexity index is 417. The molecule has 0 saturated heterocycles. The largest absolute Gasteiger partial charge is 1.00 e. The molecule has 2 rings (SSSR count). The summed E-state index contributed by atoms with van der Waals surface area (Å²) in [5.41, 5.74) is 2.59. The van der Waals surface area contributed by atoms with E-state index in [0.717, 1.165) is 6.42 Å². The van der Waals surface area contributed by atoms with E-state index < -0.39 is 0 Å². The van der Waals surface area contributed by atoms with E-state index in [1.54, 1.807) is 0 Å². The summed E-state index contributed by atoms with van der Waals surface area (Å²) < 4.78 is 4.15. The van der Waals surface area contributed by atoms with Crippen molar-refractivity contribution in [3.05, 3.63) is 48.5 Å². The van der Waals surface area contributed by atoms with Crippen molar-refractivity contribution in [1.82, 2.24) is 4.57 Å². The summed E-state index contributed by atoms with van der Waals surface area (Å²) >= 11 is 0. The van der Waals surface area contributed by atoms with E-state index in [0.29, 0.717) is 0 Å². The fourth-order valence-electron chi connectivity index (χ4n) is 1.51. The Morgan fingerprint density at radius 1 is 1.20 bits per heavy atom. The van der Waals surface area contributed by atoms with Crippen molar-refractivity contribution in [3.8, 4) is 5.69 Å². The Balaban J connectivity index is 0.00000112. The van der Waals surface area contributed by atoms with Crippen LogP contribution in [0.1, 0.15) is 12.5 Å². The van der Waals surface area contributed by atoms with Crippen LogP contribution in [-0.4, -0.2) is 4.57 Å². The number of aryl methyl sites for hydroxylation is 2. The maximum atomic E-state index is 2.18. The van der Waals surface area contributed by atoms with Crippen LogP contribution in [-0.2, 0) is 13.5 Å². The molecule has 0 aliphatic rings. The fraction of sp³-hybridized carbons (Fsp3) is 0.250. The molecule has 0 aliphatic carbocycles. The van der Waals surface area contributed by atoms with Crippen LogP contribution in [0.4, 0.5) is 0 Å². The third-order valence-corrected chi connectivity index (χ3v) is 2.41. The monoisotopic (exact) mass is 314 g/mol. The first-order valence-corrected chi connectivity index (χ1v) is 4.92. The number of benzene rings is 1. The molecular formula is C12H15IN2. The second kappa shape index (κ2) is 5.30. The maximum absolute atomic E-state index is 2.18. The SMILES string of the molecule is CCc1ccc(-n2cc[n+](C)c2)cc1.[I-]. The van der Waals surface area contributed by atoms with E-state index in [-0.39, 0.29) is 24.0 Å². The standard InChI is InChI=1S/C12H15N2.HI/c1-3-11-4-6-12(7-5-11)14-9-8-13(2)10-14;/h4-10H,3H2,1-2H3;1H/q+1;/p-1. The van der Waals surface area contributed by atoms with Gasteiger partial charge in [-0.15, -0.1) is 0 Å². The molecular weight excluding hydrogens is 299 g/mol. The molecule has 1 aromatic carbocycles. The molecule has 15 heavy (non-hydrogen) atoms. The minimum absolute atomic E-state index is 0. The Kier molecular flexibility index (Phi) is 4.32. The van der Waals surface area contributed by atoms with Gasteiger partial charge in [-0.25, -0.2) is 9.13 Å². The van der Waals surface area contributed by atoms with Crippen LogP contribution in [0.5, 0.6) is 0 Å². The van der Waals surface area contributed by atoms with E-state index in [2.05, 4.69) is 48.3 Å². The van der Waals surface area contributed by atoms with Crippen LogP contribution >= 0.6 is 0 Å². The number of hydrogen-bond donors (Lipinski definition) is 0. The Hall–Kier alpha value is -0.840. The minimum atomic E-state index is 0. The Labute approximate surface area is 108 Å². The van der Waals surface area contributed by atoms with Crippen molar-refractivity contribution in [2.45, 2.75) is 13.3 Å². The van der Waals surface area contributed by atoms with E-state index in [4.69, 9.17) is 0 Å².